The fourth-order valence-corrected chi connectivity index (χ4v) is 1.53. The van der Waals surface area contributed by atoms with Gasteiger partial charge in [0.2, 0.25) is 5.91 Å². The normalized spacial score (nSPS) is 9.89. The predicted molar refractivity (Wildman–Crippen MR) is 66.8 cm³/mol. The van der Waals surface area contributed by atoms with Gasteiger partial charge in [0.15, 0.2) is 0 Å². The molecular weight excluding hydrogens is 232 g/mol. The number of aromatic nitrogens is 1. The first-order chi connectivity index (χ1) is 8.67. The van der Waals surface area contributed by atoms with E-state index in [1.54, 1.807) is 25.4 Å². The first kappa shape index (κ1) is 14.2. The van der Waals surface area contributed by atoms with Crippen molar-refractivity contribution in [3.63, 3.8) is 0 Å². The smallest absolute Gasteiger partial charge is 0.325 e. The van der Waals surface area contributed by atoms with E-state index in [4.69, 9.17) is 4.74 Å². The van der Waals surface area contributed by atoms with Crippen molar-refractivity contribution in [3.05, 3.63) is 30.1 Å². The van der Waals surface area contributed by atoms with Crippen molar-refractivity contribution >= 4 is 11.9 Å². The molecule has 98 valence electrons. The summed E-state index contributed by atoms with van der Waals surface area (Å²) in [6.07, 6.45) is 3.56. The molecule has 0 bridgehead atoms. The lowest BCUT2D eigenvalue weighted by molar-refractivity contribution is -0.148. The second-order valence-corrected chi connectivity index (χ2v) is 3.75. The Hall–Kier alpha value is -1.91. The third-order valence-electron chi connectivity index (χ3n) is 2.44. The second-order valence-electron chi connectivity index (χ2n) is 3.75. The van der Waals surface area contributed by atoms with Gasteiger partial charge in [0.05, 0.1) is 13.0 Å². The zero-order valence-electron chi connectivity index (χ0n) is 10.8. The Balaban J connectivity index is 2.54. The maximum Gasteiger partial charge on any atom is 0.325 e. The summed E-state index contributed by atoms with van der Waals surface area (Å²) in [6.45, 7) is 4.39. The Morgan fingerprint density at radius 2 is 2.17 bits per heavy atom. The fraction of sp³-hybridized carbons (Fsp3) is 0.462. The van der Waals surface area contributed by atoms with E-state index < -0.39 is 0 Å². The Morgan fingerprint density at radius 3 is 2.72 bits per heavy atom. The second kappa shape index (κ2) is 7.42. The highest BCUT2D eigenvalue weighted by molar-refractivity contribution is 5.83. The van der Waals surface area contributed by atoms with Gasteiger partial charge in [0.1, 0.15) is 6.54 Å². The molecule has 1 amide bonds. The maximum atomic E-state index is 12.0. The van der Waals surface area contributed by atoms with Gasteiger partial charge < -0.3 is 9.64 Å². The number of hydrogen-bond donors (Lipinski definition) is 0. The minimum atomic E-state index is -0.376. The summed E-state index contributed by atoms with van der Waals surface area (Å²) in [5.41, 5.74) is 0.838. The lowest BCUT2D eigenvalue weighted by Gasteiger charge is -2.19. The van der Waals surface area contributed by atoms with E-state index in [1.165, 1.54) is 4.90 Å². The third kappa shape index (κ3) is 4.53. The van der Waals surface area contributed by atoms with Crippen molar-refractivity contribution in [2.24, 2.45) is 0 Å². The molecule has 0 saturated carbocycles. The van der Waals surface area contributed by atoms with E-state index in [9.17, 15) is 9.59 Å². The minimum absolute atomic E-state index is 0.00341. The average Bonchev–Trinajstić information content (AvgIpc) is 2.37. The Bertz CT molecular complexity index is 392. The Labute approximate surface area is 107 Å². The highest BCUT2D eigenvalue weighted by Gasteiger charge is 2.16. The van der Waals surface area contributed by atoms with Crippen LogP contribution < -0.4 is 0 Å². The summed E-state index contributed by atoms with van der Waals surface area (Å²) in [4.78, 5) is 28.7. The zero-order valence-corrected chi connectivity index (χ0v) is 10.8. The average molecular weight is 250 g/mol. The molecule has 0 saturated heterocycles. The van der Waals surface area contributed by atoms with Gasteiger partial charge in [0.25, 0.3) is 0 Å². The molecule has 0 aliphatic rings. The Morgan fingerprint density at radius 1 is 1.39 bits per heavy atom. The van der Waals surface area contributed by atoms with Crippen molar-refractivity contribution in [2.45, 2.75) is 20.3 Å². The lowest BCUT2D eigenvalue weighted by atomic mass is 10.2. The molecule has 0 fully saturated rings. The standard InChI is InChI=1S/C13H18N2O3/c1-3-15(10-13(17)18-4-2)12(16)8-11-6-5-7-14-9-11/h5-7,9H,3-4,8,10H2,1-2H3. The molecule has 0 aliphatic carbocycles. The number of ether oxygens (including phenoxy) is 1. The van der Waals surface area contributed by atoms with Crippen LogP contribution in [0.5, 0.6) is 0 Å². The summed E-state index contributed by atoms with van der Waals surface area (Å²) in [5, 5.41) is 0. The highest BCUT2D eigenvalue weighted by Crippen LogP contribution is 2.01. The van der Waals surface area contributed by atoms with Crippen LogP contribution in [0.25, 0.3) is 0 Å². The molecule has 0 atom stereocenters. The molecule has 0 aromatic carbocycles. The predicted octanol–water partition coefficient (Wildman–Crippen LogP) is 1.04. The monoisotopic (exact) mass is 250 g/mol. The third-order valence-corrected chi connectivity index (χ3v) is 2.44. The first-order valence-corrected chi connectivity index (χ1v) is 5.99. The summed E-state index contributed by atoms with van der Waals surface area (Å²) < 4.78 is 4.83. The molecule has 0 aliphatic heterocycles. The number of hydrogen-bond acceptors (Lipinski definition) is 4. The molecular formula is C13H18N2O3. The van der Waals surface area contributed by atoms with Crippen molar-refractivity contribution in [1.29, 1.82) is 0 Å². The number of likely N-dealkylation sites (N-methyl/N-ethyl adjacent to an activating group) is 1. The van der Waals surface area contributed by atoms with Gasteiger partial charge >= 0.3 is 5.97 Å². The topological polar surface area (TPSA) is 59.5 Å². The van der Waals surface area contributed by atoms with Gasteiger partial charge in [-0.25, -0.2) is 0 Å². The molecule has 1 heterocycles. The number of rotatable bonds is 6. The first-order valence-electron chi connectivity index (χ1n) is 5.99. The minimum Gasteiger partial charge on any atom is -0.465 e. The van der Waals surface area contributed by atoms with Crippen LogP contribution in [-0.2, 0) is 20.7 Å². The quantitative estimate of drug-likeness (QED) is 0.708. The number of amides is 1. The van der Waals surface area contributed by atoms with Gasteiger partial charge in [-0.3, -0.25) is 14.6 Å². The number of pyridine rings is 1. The number of esters is 1. The van der Waals surface area contributed by atoms with Crippen LogP contribution in [0.15, 0.2) is 24.5 Å². The van der Waals surface area contributed by atoms with Crippen molar-refractivity contribution in [1.82, 2.24) is 9.88 Å². The van der Waals surface area contributed by atoms with Gasteiger partial charge in [-0.2, -0.15) is 0 Å². The number of carbonyl (C=O) groups excluding carboxylic acids is 2. The van der Waals surface area contributed by atoms with Crippen LogP contribution in [-0.4, -0.2) is 41.5 Å². The largest absolute Gasteiger partial charge is 0.465 e. The SMILES string of the molecule is CCOC(=O)CN(CC)C(=O)Cc1cccnc1. The van der Waals surface area contributed by atoms with Crippen LogP contribution >= 0.6 is 0 Å². The van der Waals surface area contributed by atoms with Crippen LogP contribution in [0.2, 0.25) is 0 Å². The number of carbonyl (C=O) groups is 2. The summed E-state index contributed by atoms with van der Waals surface area (Å²) in [7, 11) is 0. The van der Waals surface area contributed by atoms with Gasteiger partial charge in [-0.1, -0.05) is 6.07 Å². The van der Waals surface area contributed by atoms with E-state index in [-0.39, 0.29) is 24.8 Å². The molecule has 0 spiro atoms. The summed E-state index contributed by atoms with van der Waals surface area (Å²) >= 11 is 0. The van der Waals surface area contributed by atoms with Crippen molar-refractivity contribution in [3.8, 4) is 0 Å². The van der Waals surface area contributed by atoms with Gasteiger partial charge in [0, 0.05) is 18.9 Å². The van der Waals surface area contributed by atoms with Crippen molar-refractivity contribution in [2.75, 3.05) is 19.7 Å². The molecule has 0 unspecified atom stereocenters. The lowest BCUT2D eigenvalue weighted by Crippen LogP contribution is -2.37. The highest BCUT2D eigenvalue weighted by atomic mass is 16.5. The van der Waals surface area contributed by atoms with Gasteiger partial charge in [-0.05, 0) is 25.5 Å². The molecule has 1 aromatic heterocycles. The van der Waals surface area contributed by atoms with Crippen molar-refractivity contribution < 1.29 is 14.3 Å². The van der Waals surface area contributed by atoms with E-state index in [0.717, 1.165) is 5.56 Å². The van der Waals surface area contributed by atoms with Crippen LogP contribution in [0.1, 0.15) is 19.4 Å². The number of nitrogens with zero attached hydrogens (tertiary/aromatic N) is 2. The van der Waals surface area contributed by atoms with E-state index in [2.05, 4.69) is 4.98 Å². The summed E-state index contributed by atoms with van der Waals surface area (Å²) in [5.74, 6) is -0.475. The van der Waals surface area contributed by atoms with E-state index in [0.29, 0.717) is 13.2 Å². The summed E-state index contributed by atoms with van der Waals surface area (Å²) in [6, 6.07) is 3.62. The molecule has 5 heteroatoms. The van der Waals surface area contributed by atoms with Crippen LogP contribution in [0, 0.1) is 0 Å². The van der Waals surface area contributed by atoms with Crippen LogP contribution in [0.4, 0.5) is 0 Å². The molecule has 18 heavy (non-hydrogen) atoms. The molecule has 1 aromatic rings. The fourth-order valence-electron chi connectivity index (χ4n) is 1.53. The maximum absolute atomic E-state index is 12.0. The molecule has 5 nitrogen and oxygen atoms in total. The van der Waals surface area contributed by atoms with E-state index in [1.807, 2.05) is 13.0 Å². The molecule has 0 N–H and O–H groups in total. The van der Waals surface area contributed by atoms with Crippen LogP contribution in [0.3, 0.4) is 0 Å². The van der Waals surface area contributed by atoms with Gasteiger partial charge in [-0.15, -0.1) is 0 Å². The zero-order chi connectivity index (χ0) is 13.4. The van der Waals surface area contributed by atoms with E-state index >= 15 is 0 Å². The molecule has 1 rings (SSSR count). The molecule has 0 radical (unpaired) electrons. The Kier molecular flexibility index (Phi) is 5.84.